The normalized spacial score (nSPS) is 11.8. The van der Waals surface area contributed by atoms with Crippen molar-refractivity contribution in [3.05, 3.63) is 35.4 Å². The van der Waals surface area contributed by atoms with Crippen LogP contribution < -0.4 is 5.32 Å². The molecule has 0 saturated heterocycles. The molecule has 0 aliphatic carbocycles. The molecule has 6 nitrogen and oxygen atoms in total. The molecule has 0 aliphatic heterocycles. The predicted octanol–water partition coefficient (Wildman–Crippen LogP) is 3.53. The second-order valence-corrected chi connectivity index (χ2v) is 7.39. The summed E-state index contributed by atoms with van der Waals surface area (Å²) in [7, 11) is 0. The molecule has 1 amide bonds. The molecule has 1 heterocycles. The Morgan fingerprint density at radius 3 is 2.58 bits per heavy atom. The highest BCUT2D eigenvalue weighted by Crippen LogP contribution is 2.31. The van der Waals surface area contributed by atoms with E-state index in [4.69, 9.17) is 4.74 Å². The van der Waals surface area contributed by atoms with Gasteiger partial charge in [0.25, 0.3) is 5.91 Å². The minimum Gasteiger partial charge on any atom is -0.465 e. The van der Waals surface area contributed by atoms with E-state index in [2.05, 4.69) is 15.5 Å². The molecule has 8 heteroatoms. The molecule has 1 atom stereocenters. The van der Waals surface area contributed by atoms with Gasteiger partial charge in [0.2, 0.25) is 5.13 Å². The maximum absolute atomic E-state index is 12.2. The van der Waals surface area contributed by atoms with E-state index in [1.165, 1.54) is 23.1 Å². The Morgan fingerprint density at radius 2 is 1.96 bits per heavy atom. The van der Waals surface area contributed by atoms with Gasteiger partial charge in [0.05, 0.1) is 6.61 Å². The van der Waals surface area contributed by atoms with Gasteiger partial charge in [0.15, 0.2) is 4.34 Å². The molecule has 1 unspecified atom stereocenters. The molecule has 2 aromatic rings. The van der Waals surface area contributed by atoms with Crippen molar-refractivity contribution in [3.63, 3.8) is 0 Å². The molecule has 24 heavy (non-hydrogen) atoms. The van der Waals surface area contributed by atoms with Crippen molar-refractivity contribution in [2.45, 2.75) is 36.8 Å². The van der Waals surface area contributed by atoms with Crippen molar-refractivity contribution in [2.24, 2.45) is 0 Å². The van der Waals surface area contributed by atoms with Crippen molar-refractivity contribution in [2.75, 3.05) is 11.9 Å². The molecular formula is C16H19N3O3S2. The quantitative estimate of drug-likeness (QED) is 0.459. The smallest absolute Gasteiger partial charge is 0.319 e. The van der Waals surface area contributed by atoms with Gasteiger partial charge in [-0.15, -0.1) is 10.2 Å². The zero-order valence-corrected chi connectivity index (χ0v) is 15.4. The van der Waals surface area contributed by atoms with Crippen molar-refractivity contribution in [3.8, 4) is 0 Å². The summed E-state index contributed by atoms with van der Waals surface area (Å²) in [6, 6.07) is 7.27. The molecule has 0 aliphatic rings. The van der Waals surface area contributed by atoms with Crippen LogP contribution in [0.5, 0.6) is 0 Å². The summed E-state index contributed by atoms with van der Waals surface area (Å²) in [5.41, 5.74) is 1.65. The molecule has 128 valence electrons. The molecule has 1 N–H and O–H groups in total. The van der Waals surface area contributed by atoms with E-state index in [1.54, 1.807) is 19.1 Å². The molecule has 0 saturated carbocycles. The monoisotopic (exact) mass is 365 g/mol. The molecule has 2 rings (SSSR count). The molecule has 0 bridgehead atoms. The van der Waals surface area contributed by atoms with E-state index < -0.39 is 0 Å². The summed E-state index contributed by atoms with van der Waals surface area (Å²) in [4.78, 5) is 24.0. The Balaban J connectivity index is 1.98. The van der Waals surface area contributed by atoms with Crippen LogP contribution in [0.4, 0.5) is 5.13 Å². The van der Waals surface area contributed by atoms with Gasteiger partial charge in [-0.3, -0.25) is 14.9 Å². The maximum atomic E-state index is 12.2. The van der Waals surface area contributed by atoms with Crippen LogP contribution in [0.2, 0.25) is 0 Å². The highest BCUT2D eigenvalue weighted by Gasteiger charge is 2.21. The van der Waals surface area contributed by atoms with Gasteiger partial charge in [-0.25, -0.2) is 0 Å². The van der Waals surface area contributed by atoms with E-state index in [9.17, 15) is 9.59 Å². The summed E-state index contributed by atoms with van der Waals surface area (Å²) in [6.07, 6.45) is 0.633. The standard InChI is InChI=1S/C16H19N3O3S2/c1-4-12(14(21)22-5-2)23-16-19-18-15(24-16)17-13(20)11-8-6-10(3)7-9-11/h6-9,12H,4-5H2,1-3H3,(H,17,18,20). The topological polar surface area (TPSA) is 81.2 Å². The minimum absolute atomic E-state index is 0.236. The van der Waals surface area contributed by atoms with Crippen LogP contribution in [0.15, 0.2) is 28.6 Å². The van der Waals surface area contributed by atoms with Gasteiger partial charge in [0.1, 0.15) is 5.25 Å². The van der Waals surface area contributed by atoms with Crippen LogP contribution in [0.1, 0.15) is 36.2 Å². The molecule has 0 fully saturated rings. The highest BCUT2D eigenvalue weighted by molar-refractivity contribution is 8.02. The average Bonchev–Trinajstić information content (AvgIpc) is 3.00. The number of aryl methyl sites for hydroxylation is 1. The van der Waals surface area contributed by atoms with Gasteiger partial charge in [-0.2, -0.15) is 0 Å². The number of aromatic nitrogens is 2. The van der Waals surface area contributed by atoms with E-state index in [0.29, 0.717) is 28.1 Å². The maximum Gasteiger partial charge on any atom is 0.319 e. The number of amides is 1. The summed E-state index contributed by atoms with van der Waals surface area (Å²) in [5, 5.41) is 10.8. The number of ether oxygens (including phenoxy) is 1. The first-order valence-corrected chi connectivity index (χ1v) is 9.27. The number of thioether (sulfide) groups is 1. The number of benzene rings is 1. The Morgan fingerprint density at radius 1 is 1.25 bits per heavy atom. The number of hydrogen-bond donors (Lipinski definition) is 1. The summed E-state index contributed by atoms with van der Waals surface area (Å²) in [6.45, 7) is 6.00. The SMILES string of the molecule is CCOC(=O)C(CC)Sc1nnc(NC(=O)c2ccc(C)cc2)s1. The third-order valence-electron chi connectivity index (χ3n) is 3.10. The largest absolute Gasteiger partial charge is 0.465 e. The number of rotatable bonds is 7. The number of carbonyl (C=O) groups is 2. The lowest BCUT2D eigenvalue weighted by Gasteiger charge is -2.10. The van der Waals surface area contributed by atoms with Gasteiger partial charge >= 0.3 is 5.97 Å². The van der Waals surface area contributed by atoms with E-state index in [-0.39, 0.29) is 17.1 Å². The fourth-order valence-electron chi connectivity index (χ4n) is 1.84. The van der Waals surface area contributed by atoms with Gasteiger partial charge in [-0.1, -0.05) is 47.7 Å². The Kier molecular flexibility index (Phi) is 6.74. The van der Waals surface area contributed by atoms with Crippen molar-refractivity contribution < 1.29 is 14.3 Å². The number of nitrogens with one attached hydrogen (secondary N) is 1. The fourth-order valence-corrected chi connectivity index (χ4v) is 3.75. The lowest BCUT2D eigenvalue weighted by molar-refractivity contribution is -0.142. The van der Waals surface area contributed by atoms with Gasteiger partial charge in [-0.05, 0) is 32.4 Å². The summed E-state index contributed by atoms with van der Waals surface area (Å²) >= 11 is 2.54. The van der Waals surface area contributed by atoms with Crippen LogP contribution in [-0.4, -0.2) is 33.9 Å². The first kappa shape index (κ1) is 18.4. The van der Waals surface area contributed by atoms with Gasteiger partial charge in [0, 0.05) is 5.56 Å². The lowest BCUT2D eigenvalue weighted by Crippen LogP contribution is -2.19. The average molecular weight is 365 g/mol. The molecule has 0 spiro atoms. The highest BCUT2D eigenvalue weighted by atomic mass is 32.2. The molecule has 0 radical (unpaired) electrons. The molecule has 1 aromatic carbocycles. The van der Waals surface area contributed by atoms with Crippen LogP contribution in [0.3, 0.4) is 0 Å². The van der Waals surface area contributed by atoms with E-state index in [0.717, 1.165) is 5.56 Å². The first-order chi connectivity index (χ1) is 11.5. The van der Waals surface area contributed by atoms with E-state index >= 15 is 0 Å². The third-order valence-corrected chi connectivity index (χ3v) is 5.37. The Labute approximate surface area is 149 Å². The molecule has 1 aromatic heterocycles. The number of esters is 1. The zero-order valence-electron chi connectivity index (χ0n) is 13.7. The summed E-state index contributed by atoms with van der Waals surface area (Å²) < 4.78 is 5.65. The Hall–Kier alpha value is -1.93. The fraction of sp³-hybridized carbons (Fsp3) is 0.375. The predicted molar refractivity (Wildman–Crippen MR) is 95.6 cm³/mol. The van der Waals surface area contributed by atoms with E-state index in [1.807, 2.05) is 26.0 Å². The van der Waals surface area contributed by atoms with Crippen LogP contribution in [0, 0.1) is 6.92 Å². The van der Waals surface area contributed by atoms with Crippen molar-refractivity contribution in [1.29, 1.82) is 0 Å². The zero-order chi connectivity index (χ0) is 17.5. The van der Waals surface area contributed by atoms with Crippen LogP contribution in [0.25, 0.3) is 0 Å². The molecular weight excluding hydrogens is 346 g/mol. The Bertz CT molecular complexity index is 701. The minimum atomic E-state index is -0.321. The second-order valence-electron chi connectivity index (χ2n) is 4.96. The number of nitrogens with zero attached hydrogens (tertiary/aromatic N) is 2. The number of hydrogen-bond acceptors (Lipinski definition) is 7. The third kappa shape index (κ3) is 5.04. The van der Waals surface area contributed by atoms with Crippen LogP contribution in [-0.2, 0) is 9.53 Å². The lowest BCUT2D eigenvalue weighted by atomic mass is 10.1. The summed E-state index contributed by atoms with van der Waals surface area (Å²) in [5.74, 6) is -0.495. The second kappa shape index (κ2) is 8.79. The van der Waals surface area contributed by atoms with Gasteiger partial charge < -0.3 is 4.74 Å². The van der Waals surface area contributed by atoms with Crippen molar-refractivity contribution >= 4 is 40.1 Å². The first-order valence-electron chi connectivity index (χ1n) is 7.58. The van der Waals surface area contributed by atoms with Crippen molar-refractivity contribution in [1.82, 2.24) is 10.2 Å². The number of carbonyl (C=O) groups excluding carboxylic acids is 2. The number of anilines is 1. The van der Waals surface area contributed by atoms with Crippen LogP contribution >= 0.6 is 23.1 Å².